The molecule has 0 aliphatic rings. The summed E-state index contributed by atoms with van der Waals surface area (Å²) in [4.78, 5) is 11.8. The molecular formula is C8H14N2O2. The maximum atomic E-state index is 10.4. The first kappa shape index (κ1) is 13.1. The molecule has 0 aliphatic heterocycles. The van der Waals surface area contributed by atoms with Crippen molar-refractivity contribution in [3.8, 4) is 6.07 Å². The molecule has 0 fully saturated rings. The van der Waals surface area contributed by atoms with Gasteiger partial charge in [-0.15, -0.1) is 0 Å². The zero-order valence-corrected chi connectivity index (χ0v) is 7.70. The summed E-state index contributed by atoms with van der Waals surface area (Å²) >= 11 is 0. The maximum Gasteiger partial charge on any atom is 0.409 e. The topological polar surface area (TPSA) is 53.3 Å². The van der Waals surface area contributed by atoms with Crippen LogP contribution in [-0.4, -0.2) is 31.7 Å². The molecule has 0 rings (SSSR count). The molecule has 0 N–H and O–H groups in total. The highest BCUT2D eigenvalue weighted by Crippen LogP contribution is 1.82. The molecule has 4 nitrogen and oxygen atoms in total. The number of carbonyl (C=O) groups excluding carboxylic acids is 1. The highest BCUT2D eigenvalue weighted by molar-refractivity contribution is 5.66. The first-order valence-corrected chi connectivity index (χ1v) is 3.44. The second-order valence-electron chi connectivity index (χ2n) is 1.93. The van der Waals surface area contributed by atoms with Crippen LogP contribution in [0.15, 0.2) is 12.7 Å². The van der Waals surface area contributed by atoms with E-state index >= 15 is 0 Å². The fourth-order valence-corrected chi connectivity index (χ4v) is 0.253. The molecule has 0 atom stereocenters. The van der Waals surface area contributed by atoms with Crippen LogP contribution < -0.4 is 0 Å². The second kappa shape index (κ2) is 9.50. The summed E-state index contributed by atoms with van der Waals surface area (Å²) in [5, 5.41) is 7.51. The first-order chi connectivity index (χ1) is 5.59. The highest BCUT2D eigenvalue weighted by Gasteiger charge is 1.99. The van der Waals surface area contributed by atoms with Gasteiger partial charge in [-0.25, -0.2) is 4.79 Å². The van der Waals surface area contributed by atoms with Gasteiger partial charge in [0, 0.05) is 20.2 Å². The van der Waals surface area contributed by atoms with Crippen LogP contribution in [0, 0.1) is 11.3 Å². The molecule has 0 heterocycles. The minimum atomic E-state index is -0.285. The Bertz CT molecular complexity index is 170. The monoisotopic (exact) mass is 170 g/mol. The average molecular weight is 170 g/mol. The highest BCUT2D eigenvalue weighted by atomic mass is 16.5. The minimum Gasteiger partial charge on any atom is -0.450 e. The average Bonchev–Trinajstić information content (AvgIpc) is 2.05. The molecule has 0 unspecified atom stereocenters. The molecule has 12 heavy (non-hydrogen) atoms. The number of amides is 1. The van der Waals surface area contributed by atoms with Gasteiger partial charge in [-0.2, -0.15) is 5.26 Å². The molecule has 0 saturated carbocycles. The summed E-state index contributed by atoms with van der Waals surface area (Å²) in [6, 6.07) is 1.69. The van der Waals surface area contributed by atoms with E-state index in [2.05, 4.69) is 11.3 Å². The molecule has 4 heteroatoms. The zero-order valence-electron chi connectivity index (χ0n) is 7.70. The van der Waals surface area contributed by atoms with Crippen molar-refractivity contribution < 1.29 is 9.53 Å². The quantitative estimate of drug-likeness (QED) is 0.559. The van der Waals surface area contributed by atoms with Crippen molar-refractivity contribution in [3.05, 3.63) is 12.7 Å². The lowest BCUT2D eigenvalue weighted by atomic mass is 10.8. The van der Waals surface area contributed by atoms with Crippen LogP contribution >= 0.6 is 0 Å². The molecule has 0 aromatic carbocycles. The first-order valence-electron chi connectivity index (χ1n) is 3.44. The number of ether oxygens (including phenoxy) is 1. The van der Waals surface area contributed by atoms with Gasteiger partial charge >= 0.3 is 6.09 Å². The van der Waals surface area contributed by atoms with Crippen LogP contribution in [0.1, 0.15) is 6.92 Å². The van der Waals surface area contributed by atoms with Crippen LogP contribution in [0.4, 0.5) is 4.79 Å². The van der Waals surface area contributed by atoms with Crippen molar-refractivity contribution in [1.82, 2.24) is 4.90 Å². The molecule has 0 saturated heterocycles. The zero-order chi connectivity index (χ0) is 9.98. The van der Waals surface area contributed by atoms with Gasteiger partial charge in [0.05, 0.1) is 12.7 Å². The van der Waals surface area contributed by atoms with Crippen molar-refractivity contribution >= 4 is 6.09 Å². The van der Waals surface area contributed by atoms with Gasteiger partial charge in [-0.05, 0) is 6.92 Å². The van der Waals surface area contributed by atoms with Crippen LogP contribution in [0.3, 0.4) is 0 Å². The standard InChI is InChI=1S/C5H11NO2.C3H3N/c1-4-8-5(7)6(2)3;1-2-3-4/h4H2,1-3H3;2H,1H2. The minimum absolute atomic E-state index is 0.285. The van der Waals surface area contributed by atoms with Crippen LogP contribution in [0.25, 0.3) is 0 Å². The smallest absolute Gasteiger partial charge is 0.409 e. The Morgan fingerprint density at radius 1 is 1.75 bits per heavy atom. The fourth-order valence-electron chi connectivity index (χ4n) is 0.253. The molecule has 0 aromatic heterocycles. The van der Waals surface area contributed by atoms with E-state index in [9.17, 15) is 4.79 Å². The summed E-state index contributed by atoms with van der Waals surface area (Å²) in [5.74, 6) is 0. The lowest BCUT2D eigenvalue weighted by Crippen LogP contribution is -2.22. The van der Waals surface area contributed by atoms with E-state index in [4.69, 9.17) is 5.26 Å². The van der Waals surface area contributed by atoms with E-state index in [0.29, 0.717) is 6.61 Å². The molecule has 1 amide bonds. The van der Waals surface area contributed by atoms with Crippen LogP contribution in [0.2, 0.25) is 0 Å². The SMILES string of the molecule is C=CC#N.CCOC(=O)N(C)C. The number of hydrogen-bond acceptors (Lipinski definition) is 3. The Morgan fingerprint density at radius 3 is 2.25 bits per heavy atom. The maximum absolute atomic E-state index is 10.4. The van der Waals surface area contributed by atoms with Gasteiger partial charge in [0.2, 0.25) is 0 Å². The summed E-state index contributed by atoms with van der Waals surface area (Å²) in [6.07, 6.45) is 0.896. The predicted octanol–water partition coefficient (Wildman–Crippen LogP) is 1.40. The van der Waals surface area contributed by atoms with E-state index in [1.54, 1.807) is 27.1 Å². The Morgan fingerprint density at radius 2 is 2.17 bits per heavy atom. The molecule has 0 spiro atoms. The van der Waals surface area contributed by atoms with Crippen molar-refractivity contribution in [2.45, 2.75) is 6.92 Å². The summed E-state index contributed by atoms with van der Waals surface area (Å²) in [5.41, 5.74) is 0. The summed E-state index contributed by atoms with van der Waals surface area (Å²) < 4.78 is 4.59. The number of nitriles is 1. The van der Waals surface area contributed by atoms with E-state index in [1.165, 1.54) is 11.0 Å². The van der Waals surface area contributed by atoms with E-state index < -0.39 is 0 Å². The van der Waals surface area contributed by atoms with Gasteiger partial charge < -0.3 is 9.64 Å². The lowest BCUT2D eigenvalue weighted by molar-refractivity contribution is 0.124. The molecule has 0 aliphatic carbocycles. The van der Waals surface area contributed by atoms with Crippen LogP contribution in [-0.2, 0) is 4.74 Å². The Balaban J connectivity index is 0. The Labute approximate surface area is 73.0 Å². The second-order valence-corrected chi connectivity index (χ2v) is 1.93. The molecular weight excluding hydrogens is 156 g/mol. The van der Waals surface area contributed by atoms with Gasteiger partial charge in [0.1, 0.15) is 0 Å². The molecule has 0 bridgehead atoms. The van der Waals surface area contributed by atoms with Crippen molar-refractivity contribution in [2.24, 2.45) is 0 Å². The fraction of sp³-hybridized carbons (Fsp3) is 0.500. The number of rotatable bonds is 1. The molecule has 0 aromatic rings. The number of hydrogen-bond donors (Lipinski definition) is 0. The third kappa shape index (κ3) is 11.3. The Kier molecular flexibility index (Phi) is 10.4. The molecule has 68 valence electrons. The van der Waals surface area contributed by atoms with Gasteiger partial charge in [0.15, 0.2) is 0 Å². The van der Waals surface area contributed by atoms with Crippen molar-refractivity contribution in [2.75, 3.05) is 20.7 Å². The predicted molar refractivity (Wildman–Crippen MR) is 46.5 cm³/mol. The van der Waals surface area contributed by atoms with Gasteiger partial charge in [0.25, 0.3) is 0 Å². The summed E-state index contributed by atoms with van der Waals surface area (Å²) in [7, 11) is 3.30. The van der Waals surface area contributed by atoms with Gasteiger partial charge in [-0.1, -0.05) is 6.58 Å². The van der Waals surface area contributed by atoms with Crippen molar-refractivity contribution in [1.29, 1.82) is 5.26 Å². The van der Waals surface area contributed by atoms with E-state index in [0.717, 1.165) is 0 Å². The summed E-state index contributed by atoms with van der Waals surface area (Å²) in [6.45, 7) is 5.34. The third-order valence-electron chi connectivity index (χ3n) is 0.724. The largest absolute Gasteiger partial charge is 0.450 e. The third-order valence-corrected chi connectivity index (χ3v) is 0.724. The normalized spacial score (nSPS) is 6.83. The van der Waals surface area contributed by atoms with E-state index in [-0.39, 0.29) is 6.09 Å². The molecule has 0 radical (unpaired) electrons. The van der Waals surface area contributed by atoms with Crippen molar-refractivity contribution in [3.63, 3.8) is 0 Å². The van der Waals surface area contributed by atoms with E-state index in [1.807, 2.05) is 0 Å². The number of nitrogens with zero attached hydrogens (tertiary/aromatic N) is 2. The van der Waals surface area contributed by atoms with Crippen LogP contribution in [0.5, 0.6) is 0 Å². The lowest BCUT2D eigenvalue weighted by Gasteiger charge is -2.07. The Hall–Kier alpha value is -1.50. The number of carbonyl (C=O) groups is 1. The number of allylic oxidation sites excluding steroid dienone is 1. The van der Waals surface area contributed by atoms with Gasteiger partial charge in [-0.3, -0.25) is 0 Å².